The number of thioether (sulfide) groups is 1. The van der Waals surface area contributed by atoms with Crippen molar-refractivity contribution in [2.24, 2.45) is 5.92 Å². The van der Waals surface area contributed by atoms with Crippen molar-refractivity contribution in [3.05, 3.63) is 35.5 Å². The Balaban J connectivity index is 1.76. The van der Waals surface area contributed by atoms with Gasteiger partial charge in [-0.1, -0.05) is 12.1 Å². The van der Waals surface area contributed by atoms with Crippen molar-refractivity contribution >= 4 is 22.7 Å². The first-order valence-corrected chi connectivity index (χ1v) is 8.57. The molecular weight excluding hydrogens is 252 g/mol. The van der Waals surface area contributed by atoms with Crippen LogP contribution in [-0.2, 0) is 6.42 Å². The molecule has 2 heterocycles. The third-order valence-electron chi connectivity index (χ3n) is 4.80. The van der Waals surface area contributed by atoms with E-state index in [-0.39, 0.29) is 0 Å². The number of nitrogens with one attached hydrogen (secondary N) is 2. The minimum Gasteiger partial charge on any atom is -0.361 e. The largest absolute Gasteiger partial charge is 0.361 e. The summed E-state index contributed by atoms with van der Waals surface area (Å²) in [4.78, 5) is 3.43. The van der Waals surface area contributed by atoms with Crippen LogP contribution in [0, 0.1) is 5.92 Å². The number of piperidine rings is 1. The molecule has 0 saturated carbocycles. The molecule has 2 nitrogen and oxygen atoms in total. The second kappa shape index (κ2) is 4.57. The number of fused-ring (bicyclic) bond motifs is 2. The molecule has 1 aliphatic heterocycles. The van der Waals surface area contributed by atoms with Crippen LogP contribution in [-0.4, -0.2) is 29.6 Å². The SMILES string of the molecule is CSC[C@H]1CN[C@@H]2Cc3c[nH]c4cccc(c34)[C@H]2C1. The van der Waals surface area contributed by atoms with Crippen LogP contribution in [0.15, 0.2) is 24.4 Å². The Bertz CT molecular complexity index is 604. The molecule has 19 heavy (non-hydrogen) atoms. The van der Waals surface area contributed by atoms with E-state index in [2.05, 4.69) is 41.0 Å². The fourth-order valence-corrected chi connectivity index (χ4v) is 4.71. The first-order valence-electron chi connectivity index (χ1n) is 7.18. The summed E-state index contributed by atoms with van der Waals surface area (Å²) in [5.74, 6) is 2.82. The lowest BCUT2D eigenvalue weighted by Crippen LogP contribution is -2.47. The molecule has 0 amide bonds. The molecule has 3 atom stereocenters. The molecule has 2 aromatic rings. The topological polar surface area (TPSA) is 27.8 Å². The van der Waals surface area contributed by atoms with Gasteiger partial charge in [0.05, 0.1) is 0 Å². The fraction of sp³-hybridized carbons (Fsp3) is 0.500. The maximum Gasteiger partial charge on any atom is 0.0459 e. The van der Waals surface area contributed by atoms with Gasteiger partial charge in [-0.25, -0.2) is 0 Å². The number of aromatic amines is 1. The number of benzene rings is 1. The van der Waals surface area contributed by atoms with Crippen LogP contribution < -0.4 is 5.32 Å². The summed E-state index contributed by atoms with van der Waals surface area (Å²) in [6.07, 6.45) is 6.97. The number of H-pyrrole nitrogens is 1. The summed E-state index contributed by atoms with van der Waals surface area (Å²) < 4.78 is 0. The molecule has 1 saturated heterocycles. The summed E-state index contributed by atoms with van der Waals surface area (Å²) in [5, 5.41) is 5.31. The molecule has 0 bridgehead atoms. The molecule has 3 heteroatoms. The normalized spacial score (nSPS) is 29.4. The van der Waals surface area contributed by atoms with E-state index < -0.39 is 0 Å². The maximum atomic E-state index is 3.80. The van der Waals surface area contributed by atoms with Gasteiger partial charge < -0.3 is 10.3 Å². The van der Waals surface area contributed by atoms with Crippen LogP contribution in [0.4, 0.5) is 0 Å². The molecule has 2 aliphatic rings. The van der Waals surface area contributed by atoms with Gasteiger partial charge >= 0.3 is 0 Å². The van der Waals surface area contributed by atoms with E-state index in [1.807, 2.05) is 11.8 Å². The highest BCUT2D eigenvalue weighted by Crippen LogP contribution is 2.42. The summed E-state index contributed by atoms with van der Waals surface area (Å²) in [5.41, 5.74) is 4.39. The van der Waals surface area contributed by atoms with Gasteiger partial charge in [-0.3, -0.25) is 0 Å². The Labute approximate surface area is 118 Å². The first kappa shape index (κ1) is 11.9. The summed E-state index contributed by atoms with van der Waals surface area (Å²) in [7, 11) is 0. The molecule has 1 aromatic carbocycles. The number of rotatable bonds is 2. The van der Waals surface area contributed by atoms with Gasteiger partial charge in [0.15, 0.2) is 0 Å². The summed E-state index contributed by atoms with van der Waals surface area (Å²) >= 11 is 1.98. The van der Waals surface area contributed by atoms with Crippen molar-refractivity contribution < 1.29 is 0 Å². The van der Waals surface area contributed by atoms with Crippen molar-refractivity contribution in [3.63, 3.8) is 0 Å². The van der Waals surface area contributed by atoms with E-state index >= 15 is 0 Å². The van der Waals surface area contributed by atoms with Gasteiger partial charge in [-0.15, -0.1) is 0 Å². The Morgan fingerprint density at radius 2 is 2.32 bits per heavy atom. The van der Waals surface area contributed by atoms with Gasteiger partial charge in [0.25, 0.3) is 0 Å². The molecule has 1 fully saturated rings. The van der Waals surface area contributed by atoms with E-state index in [4.69, 9.17) is 0 Å². The number of hydrogen-bond donors (Lipinski definition) is 2. The lowest BCUT2D eigenvalue weighted by Gasteiger charge is -2.40. The molecular formula is C16H20N2S. The zero-order valence-electron chi connectivity index (χ0n) is 11.3. The highest BCUT2D eigenvalue weighted by molar-refractivity contribution is 7.98. The Morgan fingerprint density at radius 1 is 1.37 bits per heavy atom. The first-order chi connectivity index (χ1) is 9.36. The predicted octanol–water partition coefficient (Wildman–Crippen LogP) is 3.15. The second-order valence-electron chi connectivity index (χ2n) is 5.97. The molecule has 0 spiro atoms. The highest BCUT2D eigenvalue weighted by atomic mass is 32.2. The van der Waals surface area contributed by atoms with Gasteiger partial charge in [-0.05, 0) is 54.5 Å². The van der Waals surface area contributed by atoms with Crippen molar-refractivity contribution in [1.29, 1.82) is 0 Å². The lowest BCUT2D eigenvalue weighted by atomic mass is 9.73. The van der Waals surface area contributed by atoms with E-state index in [0.29, 0.717) is 12.0 Å². The minimum absolute atomic E-state index is 0.645. The van der Waals surface area contributed by atoms with E-state index in [1.54, 1.807) is 5.56 Å². The second-order valence-corrected chi connectivity index (χ2v) is 6.88. The van der Waals surface area contributed by atoms with Gasteiger partial charge in [0.2, 0.25) is 0 Å². The van der Waals surface area contributed by atoms with Crippen LogP contribution in [0.25, 0.3) is 10.9 Å². The van der Waals surface area contributed by atoms with E-state index in [1.165, 1.54) is 41.6 Å². The monoisotopic (exact) mass is 272 g/mol. The van der Waals surface area contributed by atoms with Crippen LogP contribution in [0.2, 0.25) is 0 Å². The van der Waals surface area contributed by atoms with Crippen LogP contribution in [0.3, 0.4) is 0 Å². The van der Waals surface area contributed by atoms with Crippen molar-refractivity contribution in [1.82, 2.24) is 10.3 Å². The Kier molecular flexibility index (Phi) is 2.85. The van der Waals surface area contributed by atoms with Crippen molar-refractivity contribution in [3.8, 4) is 0 Å². The molecule has 0 radical (unpaired) electrons. The zero-order chi connectivity index (χ0) is 12.8. The van der Waals surface area contributed by atoms with Crippen LogP contribution in [0.1, 0.15) is 23.5 Å². The minimum atomic E-state index is 0.645. The molecule has 4 rings (SSSR count). The fourth-order valence-electron chi connectivity index (χ4n) is 3.98. The quantitative estimate of drug-likeness (QED) is 0.879. The Morgan fingerprint density at radius 3 is 3.21 bits per heavy atom. The highest BCUT2D eigenvalue weighted by Gasteiger charge is 2.35. The van der Waals surface area contributed by atoms with Gasteiger partial charge in [0.1, 0.15) is 0 Å². The average Bonchev–Trinajstić information content (AvgIpc) is 2.85. The maximum absolute atomic E-state index is 3.80. The van der Waals surface area contributed by atoms with Gasteiger partial charge in [-0.2, -0.15) is 11.8 Å². The third kappa shape index (κ3) is 1.83. The molecule has 2 N–H and O–H groups in total. The standard InChI is InChI=1S/C16H20N2S/c1-19-9-10-5-13-12-3-2-4-14-16(12)11(8-18-14)6-15(13)17-7-10/h2-4,8,10,13,15,17-18H,5-7,9H2,1H3/t10-,13-,15-/m1/s1. The van der Waals surface area contributed by atoms with Crippen molar-refractivity contribution in [2.75, 3.05) is 18.6 Å². The van der Waals surface area contributed by atoms with Crippen LogP contribution in [0.5, 0.6) is 0 Å². The zero-order valence-corrected chi connectivity index (χ0v) is 12.1. The van der Waals surface area contributed by atoms with Gasteiger partial charge in [0, 0.05) is 29.1 Å². The molecule has 0 unspecified atom stereocenters. The number of aromatic nitrogens is 1. The van der Waals surface area contributed by atoms with Crippen molar-refractivity contribution in [2.45, 2.75) is 24.8 Å². The summed E-state index contributed by atoms with van der Waals surface area (Å²) in [6, 6.07) is 7.41. The predicted molar refractivity (Wildman–Crippen MR) is 83.0 cm³/mol. The molecule has 1 aliphatic carbocycles. The van der Waals surface area contributed by atoms with E-state index in [9.17, 15) is 0 Å². The Hall–Kier alpha value is -0.930. The van der Waals surface area contributed by atoms with E-state index in [0.717, 1.165) is 5.92 Å². The number of hydrogen-bond acceptors (Lipinski definition) is 2. The smallest absolute Gasteiger partial charge is 0.0459 e. The average molecular weight is 272 g/mol. The lowest BCUT2D eigenvalue weighted by molar-refractivity contribution is 0.286. The molecule has 1 aromatic heterocycles. The van der Waals surface area contributed by atoms with Crippen LogP contribution >= 0.6 is 11.8 Å². The molecule has 100 valence electrons. The summed E-state index contributed by atoms with van der Waals surface area (Å²) in [6.45, 7) is 1.19. The third-order valence-corrected chi connectivity index (χ3v) is 5.61.